The van der Waals surface area contributed by atoms with Gasteiger partial charge in [0.2, 0.25) is 5.88 Å². The van der Waals surface area contributed by atoms with Gasteiger partial charge in [-0.15, -0.1) is 11.3 Å². The average molecular weight is 541 g/mol. The summed E-state index contributed by atoms with van der Waals surface area (Å²) in [6.45, 7) is 5.22. The third kappa shape index (κ3) is 6.32. The first-order valence-corrected chi connectivity index (χ1v) is 14.1. The van der Waals surface area contributed by atoms with Gasteiger partial charge in [-0.25, -0.2) is 4.79 Å². The molecule has 1 saturated heterocycles. The number of anilines is 1. The number of benzene rings is 1. The number of fused-ring (bicyclic) bond motifs is 1. The number of primary amides is 1. The number of rotatable bonds is 9. The van der Waals surface area contributed by atoms with Crippen molar-refractivity contribution in [2.45, 2.75) is 32.1 Å². The quantitative estimate of drug-likeness (QED) is 0.384. The smallest absolute Gasteiger partial charge is 0.319 e. The lowest BCUT2D eigenvalue weighted by molar-refractivity contribution is 0.0747. The molecule has 2 N–H and O–H groups in total. The molecule has 7 nitrogen and oxygen atoms in total. The van der Waals surface area contributed by atoms with Crippen LogP contribution in [0.1, 0.15) is 32.1 Å². The van der Waals surface area contributed by atoms with Gasteiger partial charge in [0.15, 0.2) is 6.26 Å². The summed E-state index contributed by atoms with van der Waals surface area (Å²) in [4.78, 5) is 18.5. The summed E-state index contributed by atoms with van der Waals surface area (Å²) in [5, 5.41) is 2.29. The lowest BCUT2D eigenvalue weighted by Gasteiger charge is -2.37. The second-order valence-electron chi connectivity index (χ2n) is 9.49. The highest BCUT2D eigenvalue weighted by molar-refractivity contribution is 7.23. The molecule has 0 unspecified atom stereocenters. The monoisotopic (exact) mass is 540 g/mol. The van der Waals surface area contributed by atoms with Crippen LogP contribution >= 0.6 is 22.9 Å². The van der Waals surface area contributed by atoms with Crippen LogP contribution in [0.25, 0.3) is 10.1 Å². The van der Waals surface area contributed by atoms with E-state index in [1.165, 1.54) is 16.9 Å². The molecule has 1 aromatic heterocycles. The van der Waals surface area contributed by atoms with Gasteiger partial charge in [-0.1, -0.05) is 53.6 Å². The molecule has 1 fully saturated rings. The highest BCUT2D eigenvalue weighted by atomic mass is 35.5. The van der Waals surface area contributed by atoms with Crippen molar-refractivity contribution in [3.05, 3.63) is 77.3 Å². The number of halogens is 1. The van der Waals surface area contributed by atoms with Crippen molar-refractivity contribution in [3.8, 4) is 0 Å². The Balaban J connectivity index is 1.05. The van der Waals surface area contributed by atoms with E-state index in [9.17, 15) is 4.79 Å². The standard InChI is InChI=1S/C28H33ClN4O3S/c29-26-23-10-4-5-11-24(23)37-27(26)33(28(30)34)13-7-6-12-31-14-16-32(17-15-31)25-20-35-19-22(36-25)18-21-8-2-1-3-9-21/h1-2,4-5,8,10-11,19-20H,3,6-7,9,12-18H2,(H2,30,34). The molecule has 1 aromatic carbocycles. The Kier molecular flexibility index (Phi) is 8.38. The lowest BCUT2D eigenvalue weighted by Crippen LogP contribution is -2.46. The van der Waals surface area contributed by atoms with Gasteiger partial charge in [-0.05, 0) is 38.3 Å². The number of carbonyl (C=O) groups excluding carboxylic acids is 1. The maximum atomic E-state index is 12.2. The number of ether oxygens (including phenoxy) is 2. The number of hydrogen-bond donors (Lipinski definition) is 1. The Labute approximate surface area is 227 Å². The van der Waals surface area contributed by atoms with Crippen LogP contribution in [0.15, 0.2) is 72.2 Å². The second-order valence-corrected chi connectivity index (χ2v) is 10.9. The number of amides is 2. The van der Waals surface area contributed by atoms with Gasteiger partial charge in [0.05, 0.1) is 5.02 Å². The van der Waals surface area contributed by atoms with Crippen LogP contribution in [-0.4, -0.2) is 55.1 Å². The minimum atomic E-state index is -0.463. The molecule has 196 valence electrons. The normalized spacial score (nSPS) is 18.1. The van der Waals surface area contributed by atoms with Gasteiger partial charge in [0.1, 0.15) is 17.0 Å². The zero-order valence-electron chi connectivity index (χ0n) is 20.9. The Hall–Kier alpha value is -2.94. The maximum Gasteiger partial charge on any atom is 0.319 e. The number of thiophene rings is 1. The fourth-order valence-corrected chi connectivity index (χ4v) is 6.44. The molecule has 3 aliphatic rings. The average Bonchev–Trinajstić information content (AvgIpc) is 3.25. The molecule has 2 aromatic rings. The van der Waals surface area contributed by atoms with Gasteiger partial charge in [-0.2, -0.15) is 0 Å². The van der Waals surface area contributed by atoms with E-state index in [1.54, 1.807) is 17.4 Å². The van der Waals surface area contributed by atoms with E-state index < -0.39 is 6.03 Å². The summed E-state index contributed by atoms with van der Waals surface area (Å²) < 4.78 is 12.8. The van der Waals surface area contributed by atoms with Gasteiger partial charge >= 0.3 is 6.03 Å². The van der Waals surface area contributed by atoms with Gasteiger partial charge in [-0.3, -0.25) is 9.80 Å². The molecule has 5 rings (SSSR count). The van der Waals surface area contributed by atoms with E-state index in [1.807, 2.05) is 24.3 Å². The minimum Gasteiger partial charge on any atom is -0.464 e. The van der Waals surface area contributed by atoms with E-state index in [0.717, 1.165) is 91.6 Å². The second kappa shape index (κ2) is 12.1. The summed E-state index contributed by atoms with van der Waals surface area (Å²) in [6.07, 6.45) is 14.7. The molecule has 0 saturated carbocycles. The van der Waals surface area contributed by atoms with Crippen molar-refractivity contribution < 1.29 is 14.3 Å². The Bertz CT molecular complexity index is 1240. The van der Waals surface area contributed by atoms with Gasteiger partial charge in [0.25, 0.3) is 0 Å². The molecule has 0 radical (unpaired) electrons. The van der Waals surface area contributed by atoms with Gasteiger partial charge < -0.3 is 20.1 Å². The summed E-state index contributed by atoms with van der Waals surface area (Å²) in [6, 6.07) is 7.44. The molecule has 0 atom stereocenters. The SMILES string of the molecule is NC(=O)N(CCCCN1CCN(C2=COC=C(CC3=CC=CCC3)O2)CC1)c1sc2ccccc2c1Cl. The van der Waals surface area contributed by atoms with E-state index in [4.69, 9.17) is 26.8 Å². The zero-order valence-corrected chi connectivity index (χ0v) is 22.5. The van der Waals surface area contributed by atoms with E-state index in [-0.39, 0.29) is 0 Å². The highest BCUT2D eigenvalue weighted by Gasteiger charge is 2.24. The Morgan fingerprint density at radius 1 is 1.14 bits per heavy atom. The van der Waals surface area contributed by atoms with E-state index >= 15 is 0 Å². The fraction of sp³-hybridized carbons (Fsp3) is 0.393. The number of nitrogens with zero attached hydrogens (tertiary/aromatic N) is 3. The fourth-order valence-electron chi connectivity index (χ4n) is 4.87. The molecule has 3 heterocycles. The number of urea groups is 1. The summed E-state index contributed by atoms with van der Waals surface area (Å²) in [7, 11) is 0. The third-order valence-corrected chi connectivity index (χ3v) is 8.61. The molecule has 0 spiro atoms. The van der Waals surface area contributed by atoms with Crippen LogP contribution in [0.5, 0.6) is 0 Å². The number of allylic oxidation sites excluding steroid dienone is 4. The maximum absolute atomic E-state index is 12.2. The predicted molar refractivity (Wildman–Crippen MR) is 150 cm³/mol. The largest absolute Gasteiger partial charge is 0.464 e. The number of carbonyl (C=O) groups is 1. The summed E-state index contributed by atoms with van der Waals surface area (Å²) in [5.41, 5.74) is 7.08. The lowest BCUT2D eigenvalue weighted by atomic mass is 10.0. The van der Waals surface area contributed by atoms with Crippen LogP contribution in [0.4, 0.5) is 9.80 Å². The summed E-state index contributed by atoms with van der Waals surface area (Å²) in [5.74, 6) is 1.65. The molecule has 0 bridgehead atoms. The van der Waals surface area contributed by atoms with Gasteiger partial charge in [0, 0.05) is 49.2 Å². The van der Waals surface area contributed by atoms with Crippen LogP contribution in [-0.2, 0) is 9.47 Å². The van der Waals surface area contributed by atoms with E-state index in [2.05, 4.69) is 28.0 Å². The number of nitrogens with two attached hydrogens (primary N) is 1. The number of piperazine rings is 1. The molecular formula is C28H33ClN4O3S. The first kappa shape index (κ1) is 25.7. The van der Waals surface area contributed by atoms with Crippen LogP contribution in [0.3, 0.4) is 0 Å². The van der Waals surface area contributed by atoms with E-state index in [0.29, 0.717) is 11.6 Å². The van der Waals surface area contributed by atoms with Crippen LogP contribution < -0.4 is 10.6 Å². The molecule has 2 aliphatic heterocycles. The van der Waals surface area contributed by atoms with Crippen molar-refractivity contribution >= 4 is 44.1 Å². The number of unbranched alkanes of at least 4 members (excludes halogenated alkanes) is 1. The third-order valence-electron chi connectivity index (χ3n) is 6.92. The first-order valence-electron chi connectivity index (χ1n) is 12.9. The van der Waals surface area contributed by atoms with Crippen molar-refractivity contribution in [2.24, 2.45) is 5.73 Å². The molecule has 1 aliphatic carbocycles. The Morgan fingerprint density at radius 2 is 1.97 bits per heavy atom. The molecule has 9 heteroatoms. The van der Waals surface area contributed by atoms with Crippen LogP contribution in [0.2, 0.25) is 5.02 Å². The number of hydrogen-bond acceptors (Lipinski definition) is 6. The predicted octanol–water partition coefficient (Wildman–Crippen LogP) is 6.19. The Morgan fingerprint density at radius 3 is 2.73 bits per heavy atom. The zero-order chi connectivity index (χ0) is 25.6. The minimum absolute atomic E-state index is 0.463. The van der Waals surface area contributed by atoms with Crippen molar-refractivity contribution in [1.82, 2.24) is 9.80 Å². The van der Waals surface area contributed by atoms with Crippen molar-refractivity contribution in [3.63, 3.8) is 0 Å². The highest BCUT2D eigenvalue weighted by Crippen LogP contribution is 2.41. The first-order chi connectivity index (χ1) is 18.1. The summed E-state index contributed by atoms with van der Waals surface area (Å²) >= 11 is 8.09. The van der Waals surface area contributed by atoms with Crippen LogP contribution in [0, 0.1) is 0 Å². The molecule has 2 amide bonds. The van der Waals surface area contributed by atoms with Crippen molar-refractivity contribution in [1.29, 1.82) is 0 Å². The molecular weight excluding hydrogens is 508 g/mol. The molecule has 37 heavy (non-hydrogen) atoms. The van der Waals surface area contributed by atoms with Crippen molar-refractivity contribution in [2.75, 3.05) is 44.2 Å². The topological polar surface area (TPSA) is 71.3 Å².